The Morgan fingerprint density at radius 1 is 1.24 bits per heavy atom. The number of aromatic amines is 1. The van der Waals surface area contributed by atoms with E-state index in [1.54, 1.807) is 17.9 Å². The number of carbonyl (C=O) groups excluding carboxylic acids is 1. The lowest BCUT2D eigenvalue weighted by atomic mass is 10.1. The molecule has 5 nitrogen and oxygen atoms in total. The third-order valence-corrected chi connectivity index (χ3v) is 3.12. The molecule has 1 amide bonds. The van der Waals surface area contributed by atoms with Crippen LogP contribution in [0.25, 0.3) is 0 Å². The van der Waals surface area contributed by atoms with Gasteiger partial charge in [-0.15, -0.1) is 0 Å². The number of H-pyrrole nitrogens is 1. The van der Waals surface area contributed by atoms with Crippen molar-refractivity contribution in [2.75, 3.05) is 6.54 Å². The number of carbonyl (C=O) groups is 1. The highest BCUT2D eigenvalue weighted by Gasteiger charge is 2.21. The molecule has 1 rings (SSSR count). The maximum atomic E-state index is 12.6. The lowest BCUT2D eigenvalue weighted by Gasteiger charge is -2.28. The molecule has 0 spiro atoms. The Morgan fingerprint density at radius 2 is 1.86 bits per heavy atom. The van der Waals surface area contributed by atoms with E-state index in [0.717, 1.165) is 5.69 Å². The Morgan fingerprint density at radius 3 is 2.33 bits per heavy atom. The first kappa shape index (κ1) is 17.4. The number of aliphatic hydroxyl groups excluding tert-OH is 1. The van der Waals surface area contributed by atoms with E-state index in [-0.39, 0.29) is 24.1 Å². The Labute approximate surface area is 126 Å². The van der Waals surface area contributed by atoms with Crippen LogP contribution < -0.4 is 5.56 Å². The van der Waals surface area contributed by atoms with E-state index >= 15 is 0 Å². The molecule has 0 bridgehead atoms. The van der Waals surface area contributed by atoms with Gasteiger partial charge < -0.3 is 15.0 Å². The van der Waals surface area contributed by atoms with Crippen molar-refractivity contribution in [2.24, 2.45) is 5.92 Å². The molecular formula is C16H26N2O3. The Hall–Kier alpha value is -1.62. The summed E-state index contributed by atoms with van der Waals surface area (Å²) in [4.78, 5) is 28.7. The predicted molar refractivity (Wildman–Crippen MR) is 83.5 cm³/mol. The number of pyridine rings is 1. The second-order valence-electron chi connectivity index (χ2n) is 6.26. The SMILES string of the molecule is CC(C)Cc1cc(C(=O)N(CC(C)O)C(C)C)cc(=O)[nH]1. The topological polar surface area (TPSA) is 73.4 Å². The molecule has 118 valence electrons. The van der Waals surface area contributed by atoms with E-state index in [0.29, 0.717) is 17.9 Å². The zero-order valence-electron chi connectivity index (χ0n) is 13.5. The molecule has 1 aromatic heterocycles. The monoisotopic (exact) mass is 294 g/mol. The van der Waals surface area contributed by atoms with Crippen molar-refractivity contribution in [3.05, 3.63) is 33.7 Å². The van der Waals surface area contributed by atoms with Crippen molar-refractivity contribution >= 4 is 5.91 Å². The first-order chi connectivity index (χ1) is 9.70. The van der Waals surface area contributed by atoms with Crippen LogP contribution in [-0.4, -0.2) is 39.6 Å². The van der Waals surface area contributed by atoms with E-state index in [2.05, 4.69) is 18.8 Å². The maximum Gasteiger partial charge on any atom is 0.254 e. The quantitative estimate of drug-likeness (QED) is 0.840. The lowest BCUT2D eigenvalue weighted by Crippen LogP contribution is -2.41. The molecule has 0 fully saturated rings. The van der Waals surface area contributed by atoms with Gasteiger partial charge in [-0.1, -0.05) is 13.8 Å². The molecule has 5 heteroatoms. The highest BCUT2D eigenvalue weighted by atomic mass is 16.3. The molecule has 1 unspecified atom stereocenters. The molecule has 0 aliphatic carbocycles. The van der Waals surface area contributed by atoms with Gasteiger partial charge in [0, 0.05) is 29.9 Å². The van der Waals surface area contributed by atoms with E-state index in [4.69, 9.17) is 0 Å². The fourth-order valence-electron chi connectivity index (χ4n) is 2.25. The highest BCUT2D eigenvalue weighted by Crippen LogP contribution is 2.11. The Bertz CT molecular complexity index is 533. The van der Waals surface area contributed by atoms with Crippen LogP contribution in [0.15, 0.2) is 16.9 Å². The molecule has 0 aliphatic heterocycles. The van der Waals surface area contributed by atoms with E-state index in [1.807, 2.05) is 13.8 Å². The summed E-state index contributed by atoms with van der Waals surface area (Å²) in [6.07, 6.45) is 0.113. The molecule has 2 N–H and O–H groups in total. The van der Waals surface area contributed by atoms with Crippen LogP contribution in [0.5, 0.6) is 0 Å². The fraction of sp³-hybridized carbons (Fsp3) is 0.625. The Kier molecular flexibility index (Phi) is 6.15. The minimum atomic E-state index is -0.603. The van der Waals surface area contributed by atoms with Crippen molar-refractivity contribution in [3.8, 4) is 0 Å². The molecule has 21 heavy (non-hydrogen) atoms. The third-order valence-electron chi connectivity index (χ3n) is 3.12. The van der Waals surface area contributed by atoms with Crippen LogP contribution in [0.4, 0.5) is 0 Å². The van der Waals surface area contributed by atoms with E-state index < -0.39 is 6.10 Å². The largest absolute Gasteiger partial charge is 0.392 e. The minimum absolute atomic E-state index is 0.0417. The summed E-state index contributed by atoms with van der Waals surface area (Å²) in [7, 11) is 0. The standard InChI is InChI=1S/C16H26N2O3/c1-10(2)6-14-7-13(8-15(20)17-14)16(21)18(11(3)4)9-12(5)19/h7-8,10-12,19H,6,9H2,1-5H3,(H,17,20). The predicted octanol–water partition coefficient (Wildman–Crippen LogP) is 1.80. The van der Waals surface area contributed by atoms with Crippen molar-refractivity contribution in [1.82, 2.24) is 9.88 Å². The van der Waals surface area contributed by atoms with Crippen molar-refractivity contribution < 1.29 is 9.90 Å². The molecule has 0 radical (unpaired) electrons. The molecule has 0 saturated heterocycles. The van der Waals surface area contributed by atoms with Crippen LogP contribution in [0.1, 0.15) is 50.7 Å². The maximum absolute atomic E-state index is 12.6. The van der Waals surface area contributed by atoms with Crippen LogP contribution in [0, 0.1) is 5.92 Å². The smallest absolute Gasteiger partial charge is 0.254 e. The highest BCUT2D eigenvalue weighted by molar-refractivity contribution is 5.94. The van der Waals surface area contributed by atoms with Crippen LogP contribution >= 0.6 is 0 Å². The van der Waals surface area contributed by atoms with Crippen LogP contribution in [0.2, 0.25) is 0 Å². The summed E-state index contributed by atoms with van der Waals surface area (Å²) in [6, 6.07) is 3.02. The van der Waals surface area contributed by atoms with Gasteiger partial charge >= 0.3 is 0 Å². The zero-order valence-corrected chi connectivity index (χ0v) is 13.5. The Balaban J connectivity index is 3.09. The molecule has 0 aliphatic rings. The fourth-order valence-corrected chi connectivity index (χ4v) is 2.25. The summed E-state index contributed by atoms with van der Waals surface area (Å²) in [5.41, 5.74) is 0.877. The minimum Gasteiger partial charge on any atom is -0.392 e. The molecule has 1 aromatic rings. The van der Waals surface area contributed by atoms with Gasteiger partial charge in [0.1, 0.15) is 0 Å². The van der Waals surface area contributed by atoms with Gasteiger partial charge in [0.15, 0.2) is 0 Å². The number of nitrogens with zero attached hydrogens (tertiary/aromatic N) is 1. The summed E-state index contributed by atoms with van der Waals surface area (Å²) >= 11 is 0. The normalized spacial score (nSPS) is 12.8. The summed E-state index contributed by atoms with van der Waals surface area (Å²) in [5.74, 6) is 0.173. The zero-order chi connectivity index (χ0) is 16.2. The summed E-state index contributed by atoms with van der Waals surface area (Å²) in [5, 5.41) is 9.53. The van der Waals surface area contributed by atoms with Crippen molar-refractivity contribution in [3.63, 3.8) is 0 Å². The average molecular weight is 294 g/mol. The second kappa shape index (κ2) is 7.41. The first-order valence-electron chi connectivity index (χ1n) is 7.43. The summed E-state index contributed by atoms with van der Waals surface area (Å²) < 4.78 is 0. The van der Waals surface area contributed by atoms with Gasteiger partial charge in [-0.3, -0.25) is 9.59 Å². The van der Waals surface area contributed by atoms with E-state index in [1.165, 1.54) is 6.07 Å². The molecule has 0 saturated carbocycles. The molecular weight excluding hydrogens is 268 g/mol. The van der Waals surface area contributed by atoms with Crippen molar-refractivity contribution in [2.45, 2.75) is 53.2 Å². The average Bonchev–Trinajstić information content (AvgIpc) is 2.33. The molecule has 0 aromatic carbocycles. The van der Waals surface area contributed by atoms with Crippen molar-refractivity contribution in [1.29, 1.82) is 0 Å². The van der Waals surface area contributed by atoms with Crippen LogP contribution in [0.3, 0.4) is 0 Å². The number of hydrogen-bond acceptors (Lipinski definition) is 3. The summed E-state index contributed by atoms with van der Waals surface area (Å²) in [6.45, 7) is 9.79. The number of hydrogen-bond donors (Lipinski definition) is 2. The number of aliphatic hydroxyl groups is 1. The number of rotatable bonds is 6. The van der Waals surface area contributed by atoms with Gasteiger partial charge in [0.05, 0.1) is 6.10 Å². The van der Waals surface area contributed by atoms with Gasteiger partial charge in [0.25, 0.3) is 5.91 Å². The third kappa shape index (κ3) is 5.34. The lowest BCUT2D eigenvalue weighted by molar-refractivity contribution is 0.0578. The number of amides is 1. The first-order valence-corrected chi connectivity index (χ1v) is 7.43. The van der Waals surface area contributed by atoms with E-state index in [9.17, 15) is 14.7 Å². The van der Waals surface area contributed by atoms with Gasteiger partial charge in [-0.05, 0) is 39.2 Å². The molecule has 1 atom stereocenters. The number of aromatic nitrogens is 1. The van der Waals surface area contributed by atoms with Gasteiger partial charge in [-0.2, -0.15) is 0 Å². The van der Waals surface area contributed by atoms with Gasteiger partial charge in [0.2, 0.25) is 5.56 Å². The number of nitrogens with one attached hydrogen (secondary N) is 1. The molecule has 1 heterocycles. The second-order valence-corrected chi connectivity index (χ2v) is 6.26. The van der Waals surface area contributed by atoms with Crippen LogP contribution in [-0.2, 0) is 6.42 Å². The van der Waals surface area contributed by atoms with Gasteiger partial charge in [-0.25, -0.2) is 0 Å².